The first-order chi connectivity index (χ1) is 8.70. The van der Waals surface area contributed by atoms with E-state index in [-0.39, 0.29) is 0 Å². The number of rotatable bonds is 5. The van der Waals surface area contributed by atoms with Gasteiger partial charge in [0.2, 0.25) is 5.16 Å². The monoisotopic (exact) mass is 283 g/mol. The maximum Gasteiger partial charge on any atom is 0.213 e. The van der Waals surface area contributed by atoms with Gasteiger partial charge >= 0.3 is 0 Å². The molecule has 0 aliphatic heterocycles. The fraction of sp³-hybridized carbons (Fsp3) is 0.364. The minimum absolute atomic E-state index is 0.739. The molecule has 0 saturated carbocycles. The van der Waals surface area contributed by atoms with E-state index < -0.39 is 0 Å². The van der Waals surface area contributed by atoms with Crippen molar-refractivity contribution in [2.45, 2.75) is 23.5 Å². The van der Waals surface area contributed by atoms with Gasteiger partial charge in [0.15, 0.2) is 0 Å². The van der Waals surface area contributed by atoms with Gasteiger partial charge in [-0.15, -0.1) is 5.10 Å². The van der Waals surface area contributed by atoms with E-state index in [1.54, 1.807) is 4.68 Å². The molecule has 0 atom stereocenters. The molecule has 5 nitrogen and oxygen atoms in total. The van der Waals surface area contributed by atoms with Gasteiger partial charge in [0.1, 0.15) is 0 Å². The third kappa shape index (κ3) is 3.22. The van der Waals surface area contributed by atoms with Crippen LogP contribution in [0.25, 0.3) is 0 Å². The second kappa shape index (κ2) is 6.17. The van der Waals surface area contributed by atoms with Crippen LogP contribution in [0.4, 0.5) is 0 Å². The molecule has 0 radical (unpaired) electrons. The first-order valence-corrected chi connectivity index (χ1v) is 6.79. The Labute approximate surface area is 115 Å². The quantitative estimate of drug-likeness (QED) is 0.911. The van der Waals surface area contributed by atoms with Gasteiger partial charge in [-0.2, -0.15) is 0 Å². The zero-order chi connectivity index (χ0) is 13.0. The van der Waals surface area contributed by atoms with Crippen LogP contribution in [-0.2, 0) is 13.6 Å². The summed E-state index contributed by atoms with van der Waals surface area (Å²) in [4.78, 5) is 1.11. The first-order valence-electron chi connectivity index (χ1n) is 5.60. The van der Waals surface area contributed by atoms with Crippen molar-refractivity contribution in [3.05, 3.63) is 28.8 Å². The first kappa shape index (κ1) is 13.3. The minimum atomic E-state index is 0.739. The summed E-state index contributed by atoms with van der Waals surface area (Å²) in [6.07, 6.45) is 0. The van der Waals surface area contributed by atoms with Gasteiger partial charge in [-0.1, -0.05) is 18.5 Å². The van der Waals surface area contributed by atoms with E-state index in [9.17, 15) is 0 Å². The van der Waals surface area contributed by atoms with E-state index in [4.69, 9.17) is 11.6 Å². The van der Waals surface area contributed by atoms with Crippen LogP contribution >= 0.6 is 23.4 Å². The lowest BCUT2D eigenvalue weighted by Gasteiger charge is -2.09. The van der Waals surface area contributed by atoms with E-state index in [1.807, 2.05) is 25.2 Å². The molecule has 0 saturated heterocycles. The second-order valence-electron chi connectivity index (χ2n) is 3.72. The van der Waals surface area contributed by atoms with E-state index in [0.717, 1.165) is 33.7 Å². The van der Waals surface area contributed by atoms with Crippen LogP contribution in [0.2, 0.25) is 5.02 Å². The molecule has 0 aliphatic rings. The molecule has 0 spiro atoms. The van der Waals surface area contributed by atoms with E-state index in [1.165, 1.54) is 11.8 Å². The summed E-state index contributed by atoms with van der Waals surface area (Å²) < 4.78 is 1.65. The Balaban J connectivity index is 2.23. The molecule has 1 N–H and O–H groups in total. The van der Waals surface area contributed by atoms with Crippen LogP contribution < -0.4 is 5.32 Å². The third-order valence-electron chi connectivity index (χ3n) is 2.37. The standard InChI is InChI=1S/C11H14ClN5S/c1-3-13-7-8-6-9(12)4-5-10(8)18-11-14-15-16-17(11)2/h4-6,13H,3,7H2,1-2H3. The fourth-order valence-corrected chi connectivity index (χ4v) is 2.49. The van der Waals surface area contributed by atoms with Crippen molar-refractivity contribution < 1.29 is 0 Å². The Morgan fingerprint density at radius 1 is 1.44 bits per heavy atom. The number of nitrogens with one attached hydrogen (secondary N) is 1. The molecule has 0 aliphatic carbocycles. The van der Waals surface area contributed by atoms with E-state index >= 15 is 0 Å². The number of halogens is 1. The van der Waals surface area contributed by atoms with Crippen molar-refractivity contribution in [3.63, 3.8) is 0 Å². The maximum absolute atomic E-state index is 6.03. The Morgan fingerprint density at radius 2 is 2.28 bits per heavy atom. The number of benzene rings is 1. The number of hydrogen-bond acceptors (Lipinski definition) is 5. The number of nitrogens with zero attached hydrogens (tertiary/aromatic N) is 4. The molecule has 0 bridgehead atoms. The van der Waals surface area contributed by atoms with Crippen molar-refractivity contribution >= 4 is 23.4 Å². The highest BCUT2D eigenvalue weighted by atomic mass is 35.5. The fourth-order valence-electron chi connectivity index (χ4n) is 1.45. The number of aromatic nitrogens is 4. The van der Waals surface area contributed by atoms with Crippen molar-refractivity contribution in [3.8, 4) is 0 Å². The largest absolute Gasteiger partial charge is 0.313 e. The summed E-state index contributed by atoms with van der Waals surface area (Å²) in [7, 11) is 1.82. The Kier molecular flexibility index (Phi) is 4.57. The summed E-state index contributed by atoms with van der Waals surface area (Å²) >= 11 is 7.56. The van der Waals surface area contributed by atoms with Crippen molar-refractivity contribution in [1.82, 2.24) is 25.5 Å². The lowest BCUT2D eigenvalue weighted by atomic mass is 10.2. The van der Waals surface area contributed by atoms with Crippen LogP contribution in [0.15, 0.2) is 28.3 Å². The lowest BCUT2D eigenvalue weighted by molar-refractivity contribution is 0.664. The van der Waals surface area contributed by atoms with Crippen molar-refractivity contribution in [2.75, 3.05) is 6.54 Å². The van der Waals surface area contributed by atoms with Gasteiger partial charge in [-0.25, -0.2) is 4.68 Å². The molecule has 0 fully saturated rings. The van der Waals surface area contributed by atoms with Crippen LogP contribution in [-0.4, -0.2) is 26.8 Å². The highest BCUT2D eigenvalue weighted by molar-refractivity contribution is 7.99. The molecular formula is C11H14ClN5S. The molecule has 18 heavy (non-hydrogen) atoms. The summed E-state index contributed by atoms with van der Waals surface area (Å²) in [5, 5.41) is 16.2. The third-order valence-corrected chi connectivity index (χ3v) is 3.75. The molecule has 2 aromatic rings. The van der Waals surface area contributed by atoms with Crippen molar-refractivity contribution in [2.24, 2.45) is 7.05 Å². The zero-order valence-electron chi connectivity index (χ0n) is 10.2. The molecule has 1 aromatic heterocycles. The van der Waals surface area contributed by atoms with Gasteiger partial charge in [-0.3, -0.25) is 0 Å². The summed E-state index contributed by atoms with van der Waals surface area (Å²) in [5.41, 5.74) is 1.15. The molecule has 7 heteroatoms. The summed E-state index contributed by atoms with van der Waals surface area (Å²) in [6, 6.07) is 5.84. The molecule has 1 aromatic carbocycles. The molecule has 0 unspecified atom stereocenters. The average Bonchev–Trinajstić information content (AvgIpc) is 2.75. The topological polar surface area (TPSA) is 55.6 Å². The minimum Gasteiger partial charge on any atom is -0.313 e. The highest BCUT2D eigenvalue weighted by Gasteiger charge is 2.09. The van der Waals surface area contributed by atoms with E-state index in [2.05, 4.69) is 27.8 Å². The predicted molar refractivity (Wildman–Crippen MR) is 71.8 cm³/mol. The zero-order valence-corrected chi connectivity index (χ0v) is 11.8. The van der Waals surface area contributed by atoms with Gasteiger partial charge < -0.3 is 5.32 Å². The molecule has 1 heterocycles. The second-order valence-corrected chi connectivity index (χ2v) is 5.17. The SMILES string of the molecule is CCNCc1cc(Cl)ccc1Sc1nnnn1C. The Morgan fingerprint density at radius 3 is 2.94 bits per heavy atom. The average molecular weight is 284 g/mol. The summed E-state index contributed by atoms with van der Waals surface area (Å²) in [6.45, 7) is 3.77. The Hall–Kier alpha value is -1.11. The van der Waals surface area contributed by atoms with E-state index in [0.29, 0.717) is 0 Å². The molecule has 96 valence electrons. The van der Waals surface area contributed by atoms with Gasteiger partial charge in [0.05, 0.1) is 0 Å². The van der Waals surface area contributed by atoms with Gasteiger partial charge in [0, 0.05) is 23.5 Å². The molecule has 2 rings (SSSR count). The molecule has 0 amide bonds. The maximum atomic E-state index is 6.03. The Bertz CT molecular complexity index is 528. The smallest absolute Gasteiger partial charge is 0.213 e. The van der Waals surface area contributed by atoms with Gasteiger partial charge in [-0.05, 0) is 52.5 Å². The number of aryl methyl sites for hydroxylation is 1. The number of tetrazole rings is 1. The van der Waals surface area contributed by atoms with Crippen LogP contribution in [0.5, 0.6) is 0 Å². The highest BCUT2D eigenvalue weighted by Crippen LogP contribution is 2.30. The van der Waals surface area contributed by atoms with Crippen molar-refractivity contribution in [1.29, 1.82) is 0 Å². The predicted octanol–water partition coefficient (Wildman–Crippen LogP) is 2.12. The lowest BCUT2D eigenvalue weighted by Crippen LogP contribution is -2.12. The van der Waals surface area contributed by atoms with Crippen LogP contribution in [0.1, 0.15) is 12.5 Å². The van der Waals surface area contributed by atoms with Gasteiger partial charge in [0.25, 0.3) is 0 Å². The molecular weight excluding hydrogens is 270 g/mol. The summed E-state index contributed by atoms with van der Waals surface area (Å²) in [5.74, 6) is 0. The normalized spacial score (nSPS) is 10.8. The van der Waals surface area contributed by atoms with Crippen LogP contribution in [0.3, 0.4) is 0 Å². The number of hydrogen-bond donors (Lipinski definition) is 1. The van der Waals surface area contributed by atoms with Crippen LogP contribution in [0, 0.1) is 0 Å².